The molecule has 6 heteroatoms. The van der Waals surface area contributed by atoms with Crippen LogP contribution in [0, 0.1) is 12.7 Å². The van der Waals surface area contributed by atoms with Crippen molar-refractivity contribution in [2.45, 2.75) is 19.3 Å². The number of halogens is 4. The minimum absolute atomic E-state index is 0.291. The number of benzene rings is 2. The third-order valence-electron chi connectivity index (χ3n) is 2.96. The van der Waals surface area contributed by atoms with Crippen molar-refractivity contribution in [2.24, 2.45) is 5.73 Å². The highest BCUT2D eigenvalue weighted by Crippen LogP contribution is 2.27. The lowest BCUT2D eigenvalue weighted by molar-refractivity contribution is -0.274. The summed E-state index contributed by atoms with van der Waals surface area (Å²) < 4.78 is 53.7. The smallest absolute Gasteiger partial charge is 0.406 e. The zero-order valence-corrected chi connectivity index (χ0v) is 11.1. The molecule has 0 aliphatic rings. The summed E-state index contributed by atoms with van der Waals surface area (Å²) in [7, 11) is 0. The topological polar surface area (TPSA) is 35.2 Å². The van der Waals surface area contributed by atoms with Gasteiger partial charge in [-0.1, -0.05) is 29.8 Å². The molecule has 1 atom stereocenters. The molecule has 2 aromatic carbocycles. The molecular formula is C15H13F4NO. The second kappa shape index (κ2) is 5.73. The van der Waals surface area contributed by atoms with Crippen LogP contribution in [0.15, 0.2) is 42.5 Å². The van der Waals surface area contributed by atoms with Crippen LogP contribution in [0.4, 0.5) is 17.6 Å². The van der Waals surface area contributed by atoms with Gasteiger partial charge in [-0.15, -0.1) is 13.2 Å². The second-order valence-corrected chi connectivity index (χ2v) is 4.62. The Morgan fingerprint density at radius 2 is 1.67 bits per heavy atom. The molecule has 0 fully saturated rings. The molecule has 0 amide bonds. The van der Waals surface area contributed by atoms with Gasteiger partial charge in [0.1, 0.15) is 11.6 Å². The number of rotatable bonds is 3. The van der Waals surface area contributed by atoms with Gasteiger partial charge in [0, 0.05) is 5.56 Å². The predicted octanol–water partition coefficient (Wildman–Crippen LogP) is 4.08. The molecule has 2 rings (SSSR count). The molecule has 0 aromatic heterocycles. The molecule has 0 saturated heterocycles. The van der Waals surface area contributed by atoms with Crippen LogP contribution in [0.1, 0.15) is 22.7 Å². The zero-order valence-electron chi connectivity index (χ0n) is 11.1. The SMILES string of the molecule is Cc1ccc(F)c([C@H](N)c2ccc(OC(F)(F)F)cc2)c1. The second-order valence-electron chi connectivity index (χ2n) is 4.62. The Hall–Kier alpha value is -2.08. The molecule has 112 valence electrons. The maximum Gasteiger partial charge on any atom is 0.573 e. The molecule has 0 unspecified atom stereocenters. The molecule has 0 spiro atoms. The fraction of sp³-hybridized carbons (Fsp3) is 0.200. The summed E-state index contributed by atoms with van der Waals surface area (Å²) >= 11 is 0. The molecule has 2 N–H and O–H groups in total. The summed E-state index contributed by atoms with van der Waals surface area (Å²) in [5.74, 6) is -0.799. The zero-order chi connectivity index (χ0) is 15.6. The Balaban J connectivity index is 2.24. The predicted molar refractivity (Wildman–Crippen MR) is 70.3 cm³/mol. The number of hydrogen-bond donors (Lipinski definition) is 1. The van der Waals surface area contributed by atoms with Crippen LogP contribution < -0.4 is 10.5 Å². The summed E-state index contributed by atoms with van der Waals surface area (Å²) in [5, 5.41) is 0. The van der Waals surface area contributed by atoms with E-state index in [-0.39, 0.29) is 5.75 Å². The largest absolute Gasteiger partial charge is 0.573 e. The number of alkyl halides is 3. The van der Waals surface area contributed by atoms with Gasteiger partial charge in [-0.25, -0.2) is 4.39 Å². The van der Waals surface area contributed by atoms with Crippen LogP contribution in [-0.4, -0.2) is 6.36 Å². The monoisotopic (exact) mass is 299 g/mol. The Labute approximate surface area is 119 Å². The van der Waals surface area contributed by atoms with Crippen molar-refractivity contribution >= 4 is 0 Å². The first kappa shape index (κ1) is 15.3. The number of ether oxygens (including phenoxy) is 1. The quantitative estimate of drug-likeness (QED) is 0.867. The third-order valence-corrected chi connectivity index (χ3v) is 2.96. The Bertz CT molecular complexity index is 623. The molecular weight excluding hydrogens is 286 g/mol. The van der Waals surface area contributed by atoms with Crippen LogP contribution in [0.5, 0.6) is 5.75 Å². The maximum atomic E-state index is 13.8. The van der Waals surface area contributed by atoms with E-state index in [2.05, 4.69) is 4.74 Å². The van der Waals surface area contributed by atoms with E-state index in [1.165, 1.54) is 18.2 Å². The highest BCUT2D eigenvalue weighted by Gasteiger charge is 2.31. The molecule has 0 aliphatic carbocycles. The minimum Gasteiger partial charge on any atom is -0.406 e. The van der Waals surface area contributed by atoms with E-state index in [1.54, 1.807) is 19.1 Å². The first-order chi connectivity index (χ1) is 9.76. The standard InChI is InChI=1S/C15H13F4NO/c1-9-2-7-13(16)12(8-9)14(20)10-3-5-11(6-4-10)21-15(17,18)19/h2-8,14H,20H2,1H3/t14-/m1/s1. The molecule has 21 heavy (non-hydrogen) atoms. The van der Waals surface area contributed by atoms with Gasteiger partial charge in [-0.2, -0.15) is 0 Å². The summed E-state index contributed by atoms with van der Waals surface area (Å²) in [6, 6.07) is 8.84. The first-order valence-corrected chi connectivity index (χ1v) is 6.13. The van der Waals surface area contributed by atoms with Gasteiger partial charge in [0.25, 0.3) is 0 Å². The molecule has 0 bridgehead atoms. The third kappa shape index (κ3) is 3.95. The highest BCUT2D eigenvalue weighted by atomic mass is 19.4. The lowest BCUT2D eigenvalue weighted by atomic mass is 9.97. The minimum atomic E-state index is -4.74. The van der Waals surface area contributed by atoms with Crippen LogP contribution in [-0.2, 0) is 0 Å². The van der Waals surface area contributed by atoms with E-state index in [9.17, 15) is 17.6 Å². The van der Waals surface area contributed by atoms with Crippen molar-refractivity contribution in [3.8, 4) is 5.75 Å². The number of aryl methyl sites for hydroxylation is 1. The molecule has 2 aromatic rings. The summed E-state index contributed by atoms with van der Waals surface area (Å²) in [4.78, 5) is 0. The van der Waals surface area contributed by atoms with E-state index in [4.69, 9.17) is 5.73 Å². The van der Waals surface area contributed by atoms with Crippen LogP contribution in [0.3, 0.4) is 0 Å². The van der Waals surface area contributed by atoms with Gasteiger partial charge < -0.3 is 10.5 Å². The first-order valence-electron chi connectivity index (χ1n) is 6.13. The summed E-state index contributed by atoms with van der Waals surface area (Å²) in [5.41, 5.74) is 7.59. The molecule has 0 saturated carbocycles. The fourth-order valence-corrected chi connectivity index (χ4v) is 1.96. The Kier molecular flexibility index (Phi) is 4.18. The average Bonchev–Trinajstić information content (AvgIpc) is 2.40. The van der Waals surface area contributed by atoms with Gasteiger partial charge in [-0.05, 0) is 30.7 Å². The summed E-state index contributed by atoms with van der Waals surface area (Å²) in [6.07, 6.45) is -4.74. The van der Waals surface area contributed by atoms with Gasteiger partial charge in [0.05, 0.1) is 6.04 Å². The van der Waals surface area contributed by atoms with Gasteiger partial charge in [0.15, 0.2) is 0 Å². The number of nitrogens with two attached hydrogens (primary N) is 1. The van der Waals surface area contributed by atoms with E-state index in [0.29, 0.717) is 11.1 Å². The Morgan fingerprint density at radius 1 is 1.05 bits per heavy atom. The van der Waals surface area contributed by atoms with E-state index in [1.807, 2.05) is 0 Å². The van der Waals surface area contributed by atoms with Crippen molar-refractivity contribution in [3.05, 3.63) is 65.0 Å². The van der Waals surface area contributed by atoms with Gasteiger partial charge in [-0.3, -0.25) is 0 Å². The van der Waals surface area contributed by atoms with Crippen molar-refractivity contribution in [1.29, 1.82) is 0 Å². The lowest BCUT2D eigenvalue weighted by Crippen LogP contribution is -2.17. The molecule has 0 heterocycles. The lowest BCUT2D eigenvalue weighted by Gasteiger charge is -2.15. The highest BCUT2D eigenvalue weighted by molar-refractivity contribution is 5.37. The fourth-order valence-electron chi connectivity index (χ4n) is 1.96. The van der Waals surface area contributed by atoms with Crippen LogP contribution in [0.2, 0.25) is 0 Å². The molecule has 0 radical (unpaired) electrons. The normalized spacial score (nSPS) is 13.0. The van der Waals surface area contributed by atoms with Crippen molar-refractivity contribution in [3.63, 3.8) is 0 Å². The summed E-state index contributed by atoms with van der Waals surface area (Å²) in [6.45, 7) is 1.80. The maximum absolute atomic E-state index is 13.8. The van der Waals surface area contributed by atoms with E-state index >= 15 is 0 Å². The average molecular weight is 299 g/mol. The molecule has 0 aliphatic heterocycles. The van der Waals surface area contributed by atoms with E-state index in [0.717, 1.165) is 17.7 Å². The van der Waals surface area contributed by atoms with Crippen LogP contribution >= 0.6 is 0 Å². The van der Waals surface area contributed by atoms with Crippen molar-refractivity contribution in [2.75, 3.05) is 0 Å². The molecule has 2 nitrogen and oxygen atoms in total. The van der Waals surface area contributed by atoms with Crippen LogP contribution in [0.25, 0.3) is 0 Å². The Morgan fingerprint density at radius 3 is 2.24 bits per heavy atom. The van der Waals surface area contributed by atoms with Crippen molar-refractivity contribution in [1.82, 2.24) is 0 Å². The van der Waals surface area contributed by atoms with Gasteiger partial charge in [0.2, 0.25) is 0 Å². The van der Waals surface area contributed by atoms with E-state index < -0.39 is 18.2 Å². The van der Waals surface area contributed by atoms with Crippen molar-refractivity contribution < 1.29 is 22.3 Å². The number of hydrogen-bond acceptors (Lipinski definition) is 2. The van der Waals surface area contributed by atoms with Gasteiger partial charge >= 0.3 is 6.36 Å².